The number of halogens is 1. The molecule has 0 saturated heterocycles. The van der Waals surface area contributed by atoms with Crippen LogP contribution in [0, 0.1) is 15.9 Å². The summed E-state index contributed by atoms with van der Waals surface area (Å²) in [5.41, 5.74) is -0.282. The molecule has 0 bridgehead atoms. The van der Waals surface area contributed by atoms with Crippen LogP contribution in [0.4, 0.5) is 15.8 Å². The Morgan fingerprint density at radius 3 is 2.52 bits per heavy atom. The van der Waals surface area contributed by atoms with Gasteiger partial charge in [0, 0.05) is 17.8 Å². The SMILES string of the molecule is O=C(CN1C(=O)c2ccc([N+](=O)[O-])cc2C1=O)Nc1cccc(F)c1. The van der Waals surface area contributed by atoms with Crippen LogP contribution >= 0.6 is 0 Å². The Hall–Kier alpha value is -3.62. The number of fused-ring (bicyclic) bond motifs is 1. The number of benzene rings is 2. The van der Waals surface area contributed by atoms with E-state index < -0.39 is 35.0 Å². The molecule has 0 spiro atoms. The number of carbonyl (C=O) groups excluding carboxylic acids is 3. The Bertz CT molecular complexity index is 928. The smallest absolute Gasteiger partial charge is 0.270 e. The zero-order chi connectivity index (χ0) is 18.1. The highest BCUT2D eigenvalue weighted by atomic mass is 19.1. The zero-order valence-electron chi connectivity index (χ0n) is 12.6. The zero-order valence-corrected chi connectivity index (χ0v) is 12.6. The average Bonchev–Trinajstić information content (AvgIpc) is 2.79. The average molecular weight is 343 g/mol. The first-order valence-electron chi connectivity index (χ1n) is 7.07. The van der Waals surface area contributed by atoms with E-state index in [9.17, 15) is 28.9 Å². The number of amides is 3. The molecule has 3 rings (SSSR count). The van der Waals surface area contributed by atoms with E-state index in [2.05, 4.69) is 5.32 Å². The highest BCUT2D eigenvalue weighted by Gasteiger charge is 2.37. The summed E-state index contributed by atoms with van der Waals surface area (Å²) in [6, 6.07) is 8.42. The molecule has 0 fully saturated rings. The molecule has 25 heavy (non-hydrogen) atoms. The van der Waals surface area contributed by atoms with Gasteiger partial charge in [0.15, 0.2) is 0 Å². The quantitative estimate of drug-likeness (QED) is 0.518. The second kappa shape index (κ2) is 6.11. The van der Waals surface area contributed by atoms with Gasteiger partial charge in [-0.3, -0.25) is 29.4 Å². The van der Waals surface area contributed by atoms with Gasteiger partial charge < -0.3 is 5.32 Å². The van der Waals surface area contributed by atoms with Crippen molar-refractivity contribution in [1.82, 2.24) is 4.90 Å². The summed E-state index contributed by atoms with van der Waals surface area (Å²) in [6.45, 7) is -0.587. The highest BCUT2D eigenvalue weighted by Crippen LogP contribution is 2.26. The third kappa shape index (κ3) is 3.07. The van der Waals surface area contributed by atoms with Gasteiger partial charge in [0.1, 0.15) is 12.4 Å². The first-order chi connectivity index (χ1) is 11.9. The topological polar surface area (TPSA) is 110 Å². The van der Waals surface area contributed by atoms with E-state index in [-0.39, 0.29) is 22.5 Å². The molecule has 1 N–H and O–H groups in total. The molecule has 0 atom stereocenters. The minimum Gasteiger partial charge on any atom is -0.324 e. The first kappa shape index (κ1) is 16.2. The number of rotatable bonds is 4. The van der Waals surface area contributed by atoms with Crippen LogP contribution in [0.2, 0.25) is 0 Å². The van der Waals surface area contributed by atoms with Gasteiger partial charge in [0.25, 0.3) is 17.5 Å². The number of carbonyl (C=O) groups is 3. The van der Waals surface area contributed by atoms with Gasteiger partial charge in [0.2, 0.25) is 5.91 Å². The second-order valence-electron chi connectivity index (χ2n) is 5.24. The van der Waals surface area contributed by atoms with E-state index in [4.69, 9.17) is 0 Å². The lowest BCUT2D eigenvalue weighted by atomic mass is 10.1. The molecule has 2 aromatic rings. The lowest BCUT2D eigenvalue weighted by Gasteiger charge is -2.13. The third-order valence-electron chi connectivity index (χ3n) is 3.58. The van der Waals surface area contributed by atoms with Crippen molar-refractivity contribution in [3.8, 4) is 0 Å². The summed E-state index contributed by atoms with van der Waals surface area (Å²) in [4.78, 5) is 47.3. The van der Waals surface area contributed by atoms with E-state index in [0.29, 0.717) is 4.90 Å². The van der Waals surface area contributed by atoms with Crippen molar-refractivity contribution < 1.29 is 23.7 Å². The van der Waals surface area contributed by atoms with Crippen molar-refractivity contribution in [2.75, 3.05) is 11.9 Å². The summed E-state index contributed by atoms with van der Waals surface area (Å²) in [5.74, 6) is -2.76. The monoisotopic (exact) mass is 343 g/mol. The molecule has 8 nitrogen and oxygen atoms in total. The minimum absolute atomic E-state index is 0.00541. The Morgan fingerprint density at radius 1 is 1.12 bits per heavy atom. The maximum atomic E-state index is 13.1. The largest absolute Gasteiger partial charge is 0.324 e. The lowest BCUT2D eigenvalue weighted by molar-refractivity contribution is -0.384. The number of nitro groups is 1. The number of non-ortho nitro benzene ring substituents is 1. The van der Waals surface area contributed by atoms with Crippen LogP contribution in [-0.2, 0) is 4.79 Å². The first-order valence-corrected chi connectivity index (χ1v) is 7.07. The van der Waals surface area contributed by atoms with Crippen molar-refractivity contribution in [2.24, 2.45) is 0 Å². The molecule has 0 aliphatic carbocycles. The van der Waals surface area contributed by atoms with Crippen LogP contribution < -0.4 is 5.32 Å². The molecule has 1 aliphatic heterocycles. The van der Waals surface area contributed by atoms with E-state index in [1.807, 2.05) is 0 Å². The van der Waals surface area contributed by atoms with Crippen molar-refractivity contribution in [2.45, 2.75) is 0 Å². The maximum Gasteiger partial charge on any atom is 0.270 e. The Kier molecular flexibility index (Phi) is 3.97. The summed E-state index contributed by atoms with van der Waals surface area (Å²) < 4.78 is 13.1. The van der Waals surface area contributed by atoms with Gasteiger partial charge in [-0.2, -0.15) is 0 Å². The van der Waals surface area contributed by atoms with Gasteiger partial charge in [0.05, 0.1) is 16.1 Å². The van der Waals surface area contributed by atoms with Gasteiger partial charge in [-0.15, -0.1) is 0 Å². The van der Waals surface area contributed by atoms with Crippen LogP contribution in [0.5, 0.6) is 0 Å². The van der Waals surface area contributed by atoms with Crippen LogP contribution in [0.1, 0.15) is 20.7 Å². The van der Waals surface area contributed by atoms with E-state index >= 15 is 0 Å². The number of hydrogen-bond donors (Lipinski definition) is 1. The summed E-state index contributed by atoms with van der Waals surface area (Å²) in [5, 5.41) is 13.2. The molecule has 1 heterocycles. The van der Waals surface area contributed by atoms with Crippen molar-refractivity contribution in [1.29, 1.82) is 0 Å². The normalized spacial score (nSPS) is 12.9. The molecule has 1 aliphatic rings. The molecular formula is C16H10FN3O5. The van der Waals surface area contributed by atoms with E-state index in [1.54, 1.807) is 0 Å². The Morgan fingerprint density at radius 2 is 1.84 bits per heavy atom. The molecule has 0 radical (unpaired) electrons. The number of nitro benzene ring substituents is 1. The van der Waals surface area contributed by atoms with Crippen LogP contribution in [0.3, 0.4) is 0 Å². The summed E-state index contributed by atoms with van der Waals surface area (Å²) in [6.07, 6.45) is 0. The predicted molar refractivity (Wildman–Crippen MR) is 83.5 cm³/mol. The Balaban J connectivity index is 1.77. The van der Waals surface area contributed by atoms with Crippen molar-refractivity contribution in [3.63, 3.8) is 0 Å². The number of hydrogen-bond acceptors (Lipinski definition) is 5. The predicted octanol–water partition coefficient (Wildman–Crippen LogP) is 1.97. The standard InChI is InChI=1S/C16H10FN3O5/c17-9-2-1-3-10(6-9)18-14(21)8-19-15(22)12-5-4-11(20(24)25)7-13(12)16(19)23/h1-7H,8H2,(H,18,21). The molecule has 9 heteroatoms. The summed E-state index contributed by atoms with van der Waals surface area (Å²) in [7, 11) is 0. The molecular weight excluding hydrogens is 333 g/mol. The summed E-state index contributed by atoms with van der Waals surface area (Å²) >= 11 is 0. The molecule has 0 aromatic heterocycles. The number of nitrogens with zero attached hydrogens (tertiary/aromatic N) is 2. The number of imide groups is 1. The fourth-order valence-electron chi connectivity index (χ4n) is 2.45. The minimum atomic E-state index is -0.793. The van der Waals surface area contributed by atoms with Gasteiger partial charge in [-0.05, 0) is 24.3 Å². The van der Waals surface area contributed by atoms with Gasteiger partial charge in [-0.25, -0.2) is 4.39 Å². The third-order valence-corrected chi connectivity index (χ3v) is 3.58. The fourth-order valence-corrected chi connectivity index (χ4v) is 2.45. The van der Waals surface area contributed by atoms with Crippen molar-refractivity contribution >= 4 is 29.1 Å². The molecule has 2 aromatic carbocycles. The second-order valence-corrected chi connectivity index (χ2v) is 5.24. The number of anilines is 1. The number of nitrogens with one attached hydrogen (secondary N) is 1. The maximum absolute atomic E-state index is 13.1. The van der Waals surface area contributed by atoms with Gasteiger partial charge in [-0.1, -0.05) is 6.07 Å². The highest BCUT2D eigenvalue weighted by molar-refractivity contribution is 6.23. The molecule has 0 unspecified atom stereocenters. The molecule has 126 valence electrons. The molecule has 0 saturated carbocycles. The Labute approximate surface area is 140 Å². The van der Waals surface area contributed by atoms with Crippen molar-refractivity contribution in [3.05, 3.63) is 69.5 Å². The van der Waals surface area contributed by atoms with Crippen LogP contribution in [-0.4, -0.2) is 34.1 Å². The van der Waals surface area contributed by atoms with Crippen LogP contribution in [0.25, 0.3) is 0 Å². The van der Waals surface area contributed by atoms with Crippen LogP contribution in [0.15, 0.2) is 42.5 Å². The van der Waals surface area contributed by atoms with E-state index in [1.165, 1.54) is 24.3 Å². The van der Waals surface area contributed by atoms with Gasteiger partial charge >= 0.3 is 0 Å². The fraction of sp³-hybridized carbons (Fsp3) is 0.0625. The molecule has 3 amide bonds. The van der Waals surface area contributed by atoms with E-state index in [0.717, 1.165) is 18.2 Å². The lowest BCUT2D eigenvalue weighted by Crippen LogP contribution is -2.37.